The molecule has 9 heteroatoms. The van der Waals surface area contributed by atoms with Crippen molar-refractivity contribution in [1.82, 2.24) is 19.2 Å². The second-order valence-electron chi connectivity index (χ2n) is 9.31. The number of aromatic nitrogens is 3. The van der Waals surface area contributed by atoms with Crippen LogP contribution in [0.5, 0.6) is 5.75 Å². The number of likely N-dealkylation sites (tertiary alicyclic amines) is 1. The van der Waals surface area contributed by atoms with E-state index in [1.54, 1.807) is 36.3 Å². The Hall–Kier alpha value is -3.75. The fraction of sp³-hybridized carbons (Fsp3) is 0.385. The Morgan fingerprint density at radius 3 is 2.40 bits per heavy atom. The normalized spacial score (nSPS) is 16.3. The monoisotopic (exact) mass is 478 g/mol. The lowest BCUT2D eigenvalue weighted by Gasteiger charge is -2.38. The average Bonchev–Trinajstić information content (AvgIpc) is 3.20. The van der Waals surface area contributed by atoms with E-state index in [0.717, 1.165) is 5.56 Å². The van der Waals surface area contributed by atoms with Crippen LogP contribution in [-0.4, -0.2) is 45.4 Å². The lowest BCUT2D eigenvalue weighted by atomic mass is 9.76. The molecule has 3 heterocycles. The van der Waals surface area contributed by atoms with Crippen LogP contribution in [-0.2, 0) is 29.7 Å². The van der Waals surface area contributed by atoms with E-state index in [9.17, 15) is 18.8 Å². The van der Waals surface area contributed by atoms with Crippen LogP contribution in [0.4, 0.5) is 4.39 Å². The molecule has 2 aliphatic heterocycles. The molecule has 1 saturated heterocycles. The molecule has 1 amide bonds. The van der Waals surface area contributed by atoms with Gasteiger partial charge in [-0.05, 0) is 54.7 Å². The number of benzene rings is 2. The Balaban J connectivity index is 1.34. The van der Waals surface area contributed by atoms with E-state index in [2.05, 4.69) is 5.10 Å². The molecular weight excluding hydrogens is 451 g/mol. The zero-order chi connectivity index (χ0) is 24.6. The number of carbonyl (C=O) groups excluding carboxylic acids is 1. The zero-order valence-electron chi connectivity index (χ0n) is 19.6. The van der Waals surface area contributed by atoms with Crippen molar-refractivity contribution >= 4 is 5.91 Å². The SMILES string of the molecule is COc1ccc(Cn2nc3n(c(=O)c2=O)CCC32CCN(C(=O)Cc3cccc(F)c3)CC2)cc1. The number of methoxy groups -OCH3 is 1. The number of nitrogens with zero attached hydrogens (tertiary/aromatic N) is 4. The maximum Gasteiger partial charge on any atom is 0.332 e. The Labute approximate surface area is 201 Å². The van der Waals surface area contributed by atoms with E-state index in [1.165, 1.54) is 21.4 Å². The molecule has 1 spiro atoms. The molecular formula is C26H27FN4O4. The molecule has 35 heavy (non-hydrogen) atoms. The highest BCUT2D eigenvalue weighted by atomic mass is 19.1. The highest BCUT2D eigenvalue weighted by molar-refractivity contribution is 5.78. The van der Waals surface area contributed by atoms with Gasteiger partial charge in [-0.3, -0.25) is 19.0 Å². The number of amides is 1. The van der Waals surface area contributed by atoms with Crippen LogP contribution in [0.3, 0.4) is 0 Å². The van der Waals surface area contributed by atoms with Gasteiger partial charge in [-0.25, -0.2) is 9.07 Å². The third kappa shape index (κ3) is 4.38. The van der Waals surface area contributed by atoms with Gasteiger partial charge in [0.15, 0.2) is 0 Å². The lowest BCUT2D eigenvalue weighted by Crippen LogP contribution is -2.48. The minimum Gasteiger partial charge on any atom is -0.497 e. The number of hydrogen-bond acceptors (Lipinski definition) is 5. The van der Waals surface area contributed by atoms with Gasteiger partial charge in [-0.1, -0.05) is 24.3 Å². The topological polar surface area (TPSA) is 86.4 Å². The second-order valence-corrected chi connectivity index (χ2v) is 9.31. The summed E-state index contributed by atoms with van der Waals surface area (Å²) in [5.41, 5.74) is -0.0365. The first kappa shape index (κ1) is 23.0. The molecule has 1 fully saturated rings. The molecule has 0 atom stereocenters. The summed E-state index contributed by atoms with van der Waals surface area (Å²) in [5.74, 6) is 0.944. The highest BCUT2D eigenvalue weighted by Crippen LogP contribution is 2.41. The van der Waals surface area contributed by atoms with Gasteiger partial charge in [-0.2, -0.15) is 5.10 Å². The summed E-state index contributed by atoms with van der Waals surface area (Å²) in [7, 11) is 1.59. The number of carbonyl (C=O) groups is 1. The van der Waals surface area contributed by atoms with Crippen molar-refractivity contribution in [2.75, 3.05) is 20.2 Å². The predicted molar refractivity (Wildman–Crippen MR) is 127 cm³/mol. The largest absolute Gasteiger partial charge is 0.497 e. The number of halogens is 1. The summed E-state index contributed by atoms with van der Waals surface area (Å²) < 4.78 is 21.4. The smallest absolute Gasteiger partial charge is 0.332 e. The predicted octanol–water partition coefficient (Wildman–Crippen LogP) is 2.11. The van der Waals surface area contributed by atoms with Gasteiger partial charge in [-0.15, -0.1) is 0 Å². The Morgan fingerprint density at radius 1 is 1.00 bits per heavy atom. The maximum atomic E-state index is 13.5. The van der Waals surface area contributed by atoms with Crippen molar-refractivity contribution in [2.45, 2.75) is 44.2 Å². The van der Waals surface area contributed by atoms with Crippen molar-refractivity contribution in [2.24, 2.45) is 0 Å². The number of fused-ring (bicyclic) bond motifs is 2. The van der Waals surface area contributed by atoms with Gasteiger partial charge in [0.05, 0.1) is 20.1 Å². The zero-order valence-corrected chi connectivity index (χ0v) is 19.6. The van der Waals surface area contributed by atoms with Crippen LogP contribution in [0.25, 0.3) is 0 Å². The van der Waals surface area contributed by atoms with Gasteiger partial charge in [0.25, 0.3) is 0 Å². The molecule has 5 rings (SSSR count). The summed E-state index contributed by atoms with van der Waals surface area (Å²) in [6.45, 7) is 1.71. The van der Waals surface area contributed by atoms with E-state index < -0.39 is 11.1 Å². The Morgan fingerprint density at radius 2 is 1.71 bits per heavy atom. The quantitative estimate of drug-likeness (QED) is 0.525. The molecule has 1 aromatic heterocycles. The number of ether oxygens (including phenoxy) is 1. The maximum absolute atomic E-state index is 13.5. The molecule has 2 aliphatic rings. The molecule has 0 saturated carbocycles. The fourth-order valence-corrected chi connectivity index (χ4v) is 5.18. The number of rotatable bonds is 5. The first-order valence-electron chi connectivity index (χ1n) is 11.8. The van der Waals surface area contributed by atoms with Crippen LogP contribution in [0.15, 0.2) is 58.1 Å². The molecule has 2 aromatic carbocycles. The third-order valence-electron chi connectivity index (χ3n) is 7.23. The fourth-order valence-electron chi connectivity index (χ4n) is 5.18. The Kier molecular flexibility index (Phi) is 6.00. The molecule has 0 unspecified atom stereocenters. The number of hydrogen-bond donors (Lipinski definition) is 0. The molecule has 0 aliphatic carbocycles. The van der Waals surface area contributed by atoms with Crippen LogP contribution in [0.1, 0.15) is 36.2 Å². The minimum atomic E-state index is -0.635. The van der Waals surface area contributed by atoms with Crippen LogP contribution >= 0.6 is 0 Å². The summed E-state index contributed by atoms with van der Waals surface area (Å²) >= 11 is 0. The summed E-state index contributed by atoms with van der Waals surface area (Å²) in [5, 5.41) is 4.67. The van der Waals surface area contributed by atoms with Crippen molar-refractivity contribution < 1.29 is 13.9 Å². The van der Waals surface area contributed by atoms with Crippen molar-refractivity contribution in [3.63, 3.8) is 0 Å². The van der Waals surface area contributed by atoms with Gasteiger partial charge in [0.2, 0.25) is 5.91 Å². The third-order valence-corrected chi connectivity index (χ3v) is 7.23. The number of piperidine rings is 1. The lowest BCUT2D eigenvalue weighted by molar-refractivity contribution is -0.132. The second kappa shape index (κ2) is 9.13. The summed E-state index contributed by atoms with van der Waals surface area (Å²) in [4.78, 5) is 40.2. The van der Waals surface area contributed by atoms with E-state index in [0.29, 0.717) is 56.0 Å². The van der Waals surface area contributed by atoms with E-state index in [1.807, 2.05) is 12.1 Å². The van der Waals surface area contributed by atoms with Crippen molar-refractivity contribution in [3.05, 3.63) is 92.0 Å². The summed E-state index contributed by atoms with van der Waals surface area (Å²) in [6, 6.07) is 13.4. The standard InChI is InChI=1S/C26H27FN4O4/c1-35-21-7-5-18(6-8-21)17-31-24(34)23(33)30-14-11-26(25(30)28-31)9-12-29(13-10-26)22(32)16-19-3-2-4-20(27)15-19/h2-8,15H,9-14,16-17H2,1H3. The van der Waals surface area contributed by atoms with Gasteiger partial charge in [0, 0.05) is 25.0 Å². The molecule has 3 aromatic rings. The van der Waals surface area contributed by atoms with Crippen molar-refractivity contribution in [3.8, 4) is 5.75 Å². The average molecular weight is 479 g/mol. The molecule has 0 radical (unpaired) electrons. The molecule has 0 bridgehead atoms. The van der Waals surface area contributed by atoms with Gasteiger partial charge < -0.3 is 9.64 Å². The van der Waals surface area contributed by atoms with Crippen LogP contribution in [0.2, 0.25) is 0 Å². The molecule has 8 nitrogen and oxygen atoms in total. The van der Waals surface area contributed by atoms with E-state index in [-0.39, 0.29) is 30.1 Å². The molecule has 0 N–H and O–H groups in total. The Bertz CT molecular complexity index is 1370. The van der Waals surface area contributed by atoms with Crippen LogP contribution < -0.4 is 15.9 Å². The first-order chi connectivity index (χ1) is 16.9. The van der Waals surface area contributed by atoms with E-state index >= 15 is 0 Å². The van der Waals surface area contributed by atoms with Crippen LogP contribution in [0, 0.1) is 5.82 Å². The summed E-state index contributed by atoms with van der Waals surface area (Å²) in [6.07, 6.45) is 2.19. The minimum absolute atomic E-state index is 0.0433. The highest BCUT2D eigenvalue weighted by Gasteiger charge is 2.45. The first-order valence-corrected chi connectivity index (χ1v) is 11.8. The molecule has 182 valence electrons. The van der Waals surface area contributed by atoms with Gasteiger partial charge in [0.1, 0.15) is 17.4 Å². The van der Waals surface area contributed by atoms with Crippen molar-refractivity contribution in [1.29, 1.82) is 0 Å². The van der Waals surface area contributed by atoms with E-state index in [4.69, 9.17) is 4.74 Å². The van der Waals surface area contributed by atoms with Gasteiger partial charge >= 0.3 is 11.1 Å².